The van der Waals surface area contributed by atoms with Crippen molar-refractivity contribution in [2.24, 2.45) is 0 Å². The number of fused-ring (bicyclic) bond motifs is 1. The number of anilines is 1. The normalized spacial score (nSPS) is 10.3. The predicted molar refractivity (Wildman–Crippen MR) is 107 cm³/mol. The van der Waals surface area contributed by atoms with E-state index in [2.05, 4.69) is 10.3 Å². The maximum absolute atomic E-state index is 12.4. The molecule has 10 heteroatoms. The molecule has 0 aliphatic rings. The Kier molecular flexibility index (Phi) is 6.06. The Morgan fingerprint density at radius 1 is 1.10 bits per heavy atom. The lowest BCUT2D eigenvalue weighted by Crippen LogP contribution is -2.21. The molecule has 0 aliphatic carbocycles. The average Bonchev–Trinajstić information content (AvgIpc) is 2.76. The quantitative estimate of drug-likeness (QED) is 0.357. The smallest absolute Gasteiger partial charge is 0.345 e. The van der Waals surface area contributed by atoms with Crippen LogP contribution in [0, 0.1) is 10.1 Å². The van der Waals surface area contributed by atoms with Crippen molar-refractivity contribution in [1.29, 1.82) is 0 Å². The van der Waals surface area contributed by atoms with Gasteiger partial charge in [-0.05, 0) is 24.3 Å². The largest absolute Gasteiger partial charge is 0.493 e. The van der Waals surface area contributed by atoms with Gasteiger partial charge in [-0.2, -0.15) is 0 Å². The molecule has 2 aromatic carbocycles. The summed E-state index contributed by atoms with van der Waals surface area (Å²) in [6.07, 6.45) is 1.63. The number of methoxy groups -OCH3 is 2. The van der Waals surface area contributed by atoms with E-state index in [4.69, 9.17) is 14.2 Å². The van der Waals surface area contributed by atoms with Crippen LogP contribution in [0.15, 0.2) is 48.7 Å². The number of carbonyl (C=O) groups is 2. The standard InChI is InChI=1S/C20H17N3O7/c1-28-17-9-13(16(23(26)27)10-18(17)29-2)20(25)30-11-19(24)22-15-7-3-6-14-12(15)5-4-8-21-14/h3-10H,11H2,1-2H3,(H,22,24). The van der Waals surface area contributed by atoms with E-state index in [0.717, 1.165) is 17.5 Å². The summed E-state index contributed by atoms with van der Waals surface area (Å²) in [6.45, 7) is -0.638. The van der Waals surface area contributed by atoms with E-state index in [1.807, 2.05) is 0 Å². The third kappa shape index (κ3) is 4.27. The molecule has 0 radical (unpaired) electrons. The van der Waals surface area contributed by atoms with Crippen molar-refractivity contribution in [2.75, 3.05) is 26.1 Å². The second-order valence-electron chi connectivity index (χ2n) is 5.98. The maximum atomic E-state index is 12.4. The summed E-state index contributed by atoms with van der Waals surface area (Å²) in [6, 6.07) is 10.9. The summed E-state index contributed by atoms with van der Waals surface area (Å²) in [4.78, 5) is 39.4. The van der Waals surface area contributed by atoms with Gasteiger partial charge < -0.3 is 19.5 Å². The molecule has 0 atom stereocenters. The molecule has 10 nitrogen and oxygen atoms in total. The summed E-state index contributed by atoms with van der Waals surface area (Å²) >= 11 is 0. The van der Waals surface area contributed by atoms with Crippen LogP contribution in [0.2, 0.25) is 0 Å². The van der Waals surface area contributed by atoms with E-state index in [9.17, 15) is 19.7 Å². The zero-order valence-electron chi connectivity index (χ0n) is 16.1. The molecule has 0 saturated carbocycles. The predicted octanol–water partition coefficient (Wildman–Crippen LogP) is 2.96. The molecule has 1 heterocycles. The number of hydrogen-bond donors (Lipinski definition) is 1. The summed E-state index contributed by atoms with van der Waals surface area (Å²) in [5, 5.41) is 14.7. The van der Waals surface area contributed by atoms with E-state index in [-0.39, 0.29) is 17.1 Å². The summed E-state index contributed by atoms with van der Waals surface area (Å²) < 4.78 is 15.0. The Morgan fingerprint density at radius 3 is 2.53 bits per heavy atom. The molecule has 30 heavy (non-hydrogen) atoms. The van der Waals surface area contributed by atoms with E-state index in [0.29, 0.717) is 11.2 Å². The Bertz CT molecular complexity index is 1130. The lowest BCUT2D eigenvalue weighted by Gasteiger charge is -2.11. The molecule has 0 aliphatic heterocycles. The number of carbonyl (C=O) groups excluding carboxylic acids is 2. The number of nitro benzene ring substituents is 1. The molecule has 0 bridgehead atoms. The van der Waals surface area contributed by atoms with Crippen molar-refractivity contribution in [2.45, 2.75) is 0 Å². The summed E-state index contributed by atoms with van der Waals surface area (Å²) in [5.41, 5.74) is 0.296. The van der Waals surface area contributed by atoms with Gasteiger partial charge in [0.05, 0.1) is 36.4 Å². The molecule has 0 saturated heterocycles. The Hall–Kier alpha value is -4.21. The molecule has 3 rings (SSSR count). The number of aromatic nitrogens is 1. The fraction of sp³-hybridized carbons (Fsp3) is 0.150. The number of ether oxygens (including phenoxy) is 3. The Labute approximate surface area is 170 Å². The number of rotatable bonds is 7. The molecule has 0 unspecified atom stereocenters. The SMILES string of the molecule is COc1cc(C(=O)OCC(=O)Nc2cccc3ncccc23)c([N+](=O)[O-])cc1OC. The molecule has 0 fully saturated rings. The van der Waals surface area contributed by atoms with Crippen LogP contribution in [0.1, 0.15) is 10.4 Å². The number of nitrogens with zero attached hydrogens (tertiary/aromatic N) is 2. The second kappa shape index (κ2) is 8.86. The van der Waals surface area contributed by atoms with Gasteiger partial charge in [0.15, 0.2) is 18.1 Å². The van der Waals surface area contributed by atoms with Crippen LogP contribution in [0.25, 0.3) is 10.9 Å². The first kappa shape index (κ1) is 20.5. The molecular weight excluding hydrogens is 394 g/mol. The van der Waals surface area contributed by atoms with Crippen LogP contribution in [-0.2, 0) is 9.53 Å². The number of esters is 1. The van der Waals surface area contributed by atoms with Gasteiger partial charge in [0.25, 0.3) is 11.6 Å². The maximum Gasteiger partial charge on any atom is 0.345 e. The van der Waals surface area contributed by atoms with Crippen LogP contribution in [0.3, 0.4) is 0 Å². The van der Waals surface area contributed by atoms with E-state index in [1.54, 1.807) is 36.5 Å². The number of pyridine rings is 1. The summed E-state index contributed by atoms with van der Waals surface area (Å²) in [7, 11) is 2.64. The highest BCUT2D eigenvalue weighted by Gasteiger charge is 2.26. The van der Waals surface area contributed by atoms with Crippen molar-refractivity contribution in [3.8, 4) is 11.5 Å². The fourth-order valence-corrected chi connectivity index (χ4v) is 2.79. The van der Waals surface area contributed by atoms with Gasteiger partial charge in [-0.15, -0.1) is 0 Å². The van der Waals surface area contributed by atoms with Crippen LogP contribution < -0.4 is 14.8 Å². The van der Waals surface area contributed by atoms with Crippen molar-refractivity contribution in [3.63, 3.8) is 0 Å². The van der Waals surface area contributed by atoms with Gasteiger partial charge >= 0.3 is 5.97 Å². The minimum atomic E-state index is -1.04. The van der Waals surface area contributed by atoms with Crippen molar-refractivity contribution < 1.29 is 28.7 Å². The van der Waals surface area contributed by atoms with Gasteiger partial charge in [-0.3, -0.25) is 19.9 Å². The first-order chi connectivity index (χ1) is 14.4. The van der Waals surface area contributed by atoms with Crippen LogP contribution in [-0.4, -0.2) is 42.6 Å². The minimum Gasteiger partial charge on any atom is -0.493 e. The number of benzene rings is 2. The van der Waals surface area contributed by atoms with Gasteiger partial charge in [0.2, 0.25) is 0 Å². The van der Waals surface area contributed by atoms with Gasteiger partial charge in [0.1, 0.15) is 5.56 Å². The number of nitro groups is 1. The fourth-order valence-electron chi connectivity index (χ4n) is 2.79. The Balaban J connectivity index is 1.75. The molecule has 1 aromatic heterocycles. The van der Waals surface area contributed by atoms with E-state index >= 15 is 0 Å². The van der Waals surface area contributed by atoms with Gasteiger partial charge in [0, 0.05) is 17.6 Å². The van der Waals surface area contributed by atoms with Crippen LogP contribution in [0.5, 0.6) is 11.5 Å². The molecule has 3 aromatic rings. The molecule has 0 spiro atoms. The number of amides is 1. The average molecular weight is 411 g/mol. The van der Waals surface area contributed by atoms with Crippen molar-refractivity contribution in [3.05, 3.63) is 64.3 Å². The monoisotopic (exact) mass is 411 g/mol. The van der Waals surface area contributed by atoms with E-state index in [1.165, 1.54) is 14.2 Å². The number of nitrogens with one attached hydrogen (secondary N) is 1. The summed E-state index contributed by atoms with van der Waals surface area (Å²) in [5.74, 6) is -1.45. The molecule has 1 amide bonds. The van der Waals surface area contributed by atoms with Crippen LogP contribution >= 0.6 is 0 Å². The lowest BCUT2D eigenvalue weighted by atomic mass is 10.1. The number of hydrogen-bond acceptors (Lipinski definition) is 8. The zero-order chi connectivity index (χ0) is 21.7. The first-order valence-corrected chi connectivity index (χ1v) is 8.65. The topological polar surface area (TPSA) is 130 Å². The Morgan fingerprint density at radius 2 is 1.83 bits per heavy atom. The first-order valence-electron chi connectivity index (χ1n) is 8.65. The third-order valence-electron chi connectivity index (χ3n) is 4.17. The van der Waals surface area contributed by atoms with Crippen LogP contribution in [0.4, 0.5) is 11.4 Å². The van der Waals surface area contributed by atoms with Crippen molar-refractivity contribution >= 4 is 34.2 Å². The lowest BCUT2D eigenvalue weighted by molar-refractivity contribution is -0.385. The van der Waals surface area contributed by atoms with Crippen molar-refractivity contribution in [1.82, 2.24) is 4.98 Å². The zero-order valence-corrected chi connectivity index (χ0v) is 16.1. The minimum absolute atomic E-state index is 0.0862. The van der Waals surface area contributed by atoms with Gasteiger partial charge in [-0.1, -0.05) is 6.07 Å². The molecule has 1 N–H and O–H groups in total. The van der Waals surface area contributed by atoms with Gasteiger partial charge in [-0.25, -0.2) is 4.79 Å². The highest BCUT2D eigenvalue weighted by Crippen LogP contribution is 2.34. The highest BCUT2D eigenvalue weighted by molar-refractivity contribution is 6.02. The molecule has 154 valence electrons. The van der Waals surface area contributed by atoms with E-state index < -0.39 is 29.1 Å². The molecular formula is C20H17N3O7. The highest BCUT2D eigenvalue weighted by atomic mass is 16.6. The second-order valence-corrected chi connectivity index (χ2v) is 5.98. The third-order valence-corrected chi connectivity index (χ3v) is 4.17.